The fourth-order valence-corrected chi connectivity index (χ4v) is 2.84. The second-order valence-electron chi connectivity index (χ2n) is 6.54. The minimum atomic E-state index is -0.274. The Labute approximate surface area is 175 Å². The number of carbonyl (C=O) groups is 1. The molecule has 0 saturated carbocycles. The molecule has 2 heterocycles. The highest BCUT2D eigenvalue weighted by Crippen LogP contribution is 2.12. The minimum absolute atomic E-state index is 0.274. The van der Waals surface area contributed by atoms with Crippen molar-refractivity contribution in [2.75, 3.05) is 18.4 Å². The molecule has 3 aromatic rings. The van der Waals surface area contributed by atoms with Gasteiger partial charge in [0.15, 0.2) is 11.7 Å². The summed E-state index contributed by atoms with van der Waals surface area (Å²) in [6.45, 7) is 6.88. The van der Waals surface area contributed by atoms with Gasteiger partial charge in [-0.25, -0.2) is 4.99 Å². The van der Waals surface area contributed by atoms with Gasteiger partial charge in [-0.3, -0.25) is 4.79 Å². The average Bonchev–Trinajstić information content (AvgIpc) is 3.45. The van der Waals surface area contributed by atoms with Crippen molar-refractivity contribution in [2.45, 2.75) is 33.4 Å². The van der Waals surface area contributed by atoms with Gasteiger partial charge in [-0.15, -0.1) is 10.2 Å². The summed E-state index contributed by atoms with van der Waals surface area (Å²) in [4.78, 5) is 16.6. The number of aliphatic imine (C=N–C) groups is 1. The molecule has 30 heavy (non-hydrogen) atoms. The SMILES string of the molecule is CCNC(=NCc1ccc(NC(=O)c2ccco2)cc1)NCCn1cnnc1CC. The molecule has 9 heteroatoms. The molecule has 0 fully saturated rings. The van der Waals surface area contributed by atoms with Gasteiger partial charge in [-0.1, -0.05) is 19.1 Å². The molecule has 2 aromatic heterocycles. The lowest BCUT2D eigenvalue weighted by Gasteiger charge is -2.12. The molecule has 0 aliphatic carbocycles. The first kappa shape index (κ1) is 21.1. The van der Waals surface area contributed by atoms with Crippen LogP contribution in [-0.4, -0.2) is 39.7 Å². The van der Waals surface area contributed by atoms with E-state index in [1.54, 1.807) is 18.5 Å². The molecule has 3 N–H and O–H groups in total. The van der Waals surface area contributed by atoms with Crippen LogP contribution in [0.2, 0.25) is 0 Å². The Morgan fingerprint density at radius 1 is 1.17 bits per heavy atom. The highest BCUT2D eigenvalue weighted by molar-refractivity contribution is 6.02. The topological polar surface area (TPSA) is 109 Å². The number of guanidine groups is 1. The van der Waals surface area contributed by atoms with E-state index in [9.17, 15) is 4.79 Å². The normalized spacial score (nSPS) is 11.3. The predicted octanol–water partition coefficient (Wildman–Crippen LogP) is 2.44. The lowest BCUT2D eigenvalue weighted by Crippen LogP contribution is -2.38. The third-order valence-electron chi connectivity index (χ3n) is 4.38. The van der Waals surface area contributed by atoms with E-state index in [1.165, 1.54) is 6.26 Å². The predicted molar refractivity (Wildman–Crippen MR) is 115 cm³/mol. The van der Waals surface area contributed by atoms with Crippen molar-refractivity contribution in [1.29, 1.82) is 0 Å². The molecule has 9 nitrogen and oxygen atoms in total. The first-order valence-electron chi connectivity index (χ1n) is 10.0. The molecule has 0 spiro atoms. The maximum Gasteiger partial charge on any atom is 0.291 e. The molecule has 0 atom stereocenters. The van der Waals surface area contributed by atoms with Crippen molar-refractivity contribution < 1.29 is 9.21 Å². The van der Waals surface area contributed by atoms with Gasteiger partial charge < -0.3 is 24.9 Å². The zero-order valence-electron chi connectivity index (χ0n) is 17.3. The molecule has 3 rings (SSSR count). The molecular formula is C21H27N7O2. The second kappa shape index (κ2) is 10.8. The molecule has 158 valence electrons. The van der Waals surface area contributed by atoms with Crippen molar-refractivity contribution in [2.24, 2.45) is 4.99 Å². The van der Waals surface area contributed by atoms with Crippen molar-refractivity contribution in [3.05, 3.63) is 66.1 Å². The highest BCUT2D eigenvalue weighted by Gasteiger charge is 2.08. The number of nitrogens with zero attached hydrogens (tertiary/aromatic N) is 4. The van der Waals surface area contributed by atoms with Gasteiger partial charge in [0.05, 0.1) is 12.8 Å². The van der Waals surface area contributed by atoms with Crippen LogP contribution in [0.5, 0.6) is 0 Å². The molecule has 0 aliphatic rings. The molecule has 1 amide bonds. The summed E-state index contributed by atoms with van der Waals surface area (Å²) in [6.07, 6.45) is 4.07. The monoisotopic (exact) mass is 409 g/mol. The number of aromatic nitrogens is 3. The fraction of sp³-hybridized carbons (Fsp3) is 0.333. The van der Waals surface area contributed by atoms with Crippen molar-refractivity contribution >= 4 is 17.6 Å². The van der Waals surface area contributed by atoms with Gasteiger partial charge in [0, 0.05) is 31.7 Å². The Balaban J connectivity index is 1.51. The zero-order chi connectivity index (χ0) is 21.2. The number of nitrogens with one attached hydrogen (secondary N) is 3. The molecule has 0 radical (unpaired) electrons. The summed E-state index contributed by atoms with van der Waals surface area (Å²) in [7, 11) is 0. The summed E-state index contributed by atoms with van der Waals surface area (Å²) >= 11 is 0. The lowest BCUT2D eigenvalue weighted by molar-refractivity contribution is 0.0996. The summed E-state index contributed by atoms with van der Waals surface area (Å²) in [5, 5.41) is 17.4. The van der Waals surface area contributed by atoms with Crippen LogP contribution in [0.3, 0.4) is 0 Å². The van der Waals surface area contributed by atoms with E-state index >= 15 is 0 Å². The summed E-state index contributed by atoms with van der Waals surface area (Å²) < 4.78 is 7.13. The smallest absolute Gasteiger partial charge is 0.291 e. The van der Waals surface area contributed by atoms with Crippen LogP contribution in [0, 0.1) is 0 Å². The Morgan fingerprint density at radius 2 is 2.00 bits per heavy atom. The van der Waals surface area contributed by atoms with Crippen LogP contribution in [0.4, 0.5) is 5.69 Å². The van der Waals surface area contributed by atoms with E-state index < -0.39 is 0 Å². The molecular weight excluding hydrogens is 382 g/mol. The third-order valence-corrected chi connectivity index (χ3v) is 4.38. The van der Waals surface area contributed by atoms with Crippen LogP contribution in [0.1, 0.15) is 35.8 Å². The summed E-state index contributed by atoms with van der Waals surface area (Å²) in [5.74, 6) is 1.73. The average molecular weight is 409 g/mol. The largest absolute Gasteiger partial charge is 0.459 e. The van der Waals surface area contributed by atoms with E-state index in [0.29, 0.717) is 18.8 Å². The first-order chi connectivity index (χ1) is 14.7. The van der Waals surface area contributed by atoms with Crippen LogP contribution in [0.25, 0.3) is 0 Å². The Morgan fingerprint density at radius 3 is 2.70 bits per heavy atom. The van der Waals surface area contributed by atoms with Gasteiger partial charge in [-0.2, -0.15) is 0 Å². The third kappa shape index (κ3) is 5.94. The molecule has 0 unspecified atom stereocenters. The van der Waals surface area contributed by atoms with Gasteiger partial charge in [0.25, 0.3) is 5.91 Å². The highest BCUT2D eigenvalue weighted by atomic mass is 16.3. The molecule has 0 aliphatic heterocycles. The van der Waals surface area contributed by atoms with E-state index in [1.807, 2.05) is 35.8 Å². The maximum absolute atomic E-state index is 12.0. The second-order valence-corrected chi connectivity index (χ2v) is 6.54. The number of hydrogen-bond acceptors (Lipinski definition) is 5. The van der Waals surface area contributed by atoms with Gasteiger partial charge in [0.2, 0.25) is 0 Å². The van der Waals surface area contributed by atoms with Crippen LogP contribution < -0.4 is 16.0 Å². The number of amides is 1. The number of carbonyl (C=O) groups excluding carboxylic acids is 1. The van der Waals surface area contributed by atoms with Crippen molar-refractivity contribution in [3.8, 4) is 0 Å². The number of aryl methyl sites for hydroxylation is 1. The number of rotatable bonds is 9. The quantitative estimate of drug-likeness (QED) is 0.370. The summed E-state index contributed by atoms with van der Waals surface area (Å²) in [5.41, 5.74) is 1.74. The van der Waals surface area contributed by atoms with E-state index in [-0.39, 0.29) is 11.7 Å². The van der Waals surface area contributed by atoms with Crippen LogP contribution >= 0.6 is 0 Å². The molecule has 1 aromatic carbocycles. The van der Waals surface area contributed by atoms with Crippen molar-refractivity contribution in [3.63, 3.8) is 0 Å². The van der Waals surface area contributed by atoms with E-state index in [4.69, 9.17) is 4.42 Å². The fourth-order valence-electron chi connectivity index (χ4n) is 2.84. The standard InChI is InChI=1S/C21H27N7O2/c1-3-19-27-25-15-28(19)12-11-23-21(22-4-2)24-14-16-7-9-17(10-8-16)26-20(29)18-6-5-13-30-18/h5-10,13,15H,3-4,11-12,14H2,1-2H3,(H,26,29)(H2,22,23,24). The minimum Gasteiger partial charge on any atom is -0.459 e. The number of anilines is 1. The van der Waals surface area contributed by atoms with E-state index in [0.717, 1.165) is 36.9 Å². The molecule has 0 bridgehead atoms. The Bertz CT molecular complexity index is 946. The maximum atomic E-state index is 12.0. The number of hydrogen-bond donors (Lipinski definition) is 3. The van der Waals surface area contributed by atoms with Gasteiger partial charge >= 0.3 is 0 Å². The number of furan rings is 1. The Hall–Kier alpha value is -3.62. The van der Waals surface area contributed by atoms with Gasteiger partial charge in [0.1, 0.15) is 12.2 Å². The van der Waals surface area contributed by atoms with Crippen molar-refractivity contribution in [1.82, 2.24) is 25.4 Å². The first-order valence-corrected chi connectivity index (χ1v) is 10.0. The van der Waals surface area contributed by atoms with Crippen LogP contribution in [-0.2, 0) is 19.5 Å². The number of benzene rings is 1. The van der Waals surface area contributed by atoms with E-state index in [2.05, 4.69) is 38.1 Å². The van der Waals surface area contributed by atoms with Crippen LogP contribution in [0.15, 0.2) is 58.4 Å². The zero-order valence-corrected chi connectivity index (χ0v) is 17.3. The molecule has 0 saturated heterocycles. The summed E-state index contributed by atoms with van der Waals surface area (Å²) in [6, 6.07) is 10.9. The Kier molecular flexibility index (Phi) is 7.59. The van der Waals surface area contributed by atoms with Gasteiger partial charge in [-0.05, 0) is 36.8 Å². The lowest BCUT2D eigenvalue weighted by atomic mass is 10.2.